The van der Waals surface area contributed by atoms with E-state index in [4.69, 9.17) is 4.74 Å². The lowest BCUT2D eigenvalue weighted by molar-refractivity contribution is -0.149. The fourth-order valence-electron chi connectivity index (χ4n) is 4.32. The van der Waals surface area contributed by atoms with Crippen LogP contribution in [0.15, 0.2) is 58.1 Å². The van der Waals surface area contributed by atoms with Gasteiger partial charge in [-0.2, -0.15) is 9.78 Å². The summed E-state index contributed by atoms with van der Waals surface area (Å²) in [6.45, 7) is 6.51. The zero-order valence-electron chi connectivity index (χ0n) is 20.8. The third-order valence-corrected chi connectivity index (χ3v) is 6.37. The van der Waals surface area contributed by atoms with Crippen molar-refractivity contribution in [1.82, 2.24) is 19.2 Å². The fraction of sp³-hybridized carbons (Fsp3) is 0.370. The molecule has 9 nitrogen and oxygen atoms in total. The van der Waals surface area contributed by atoms with Crippen LogP contribution in [0.3, 0.4) is 0 Å². The van der Waals surface area contributed by atoms with Gasteiger partial charge in [0.25, 0.3) is 11.5 Å². The van der Waals surface area contributed by atoms with Crippen molar-refractivity contribution in [3.8, 4) is 5.69 Å². The minimum Gasteiger partial charge on any atom is -0.466 e. The average molecular weight is 491 g/mol. The summed E-state index contributed by atoms with van der Waals surface area (Å²) in [7, 11) is 0. The average Bonchev–Trinajstić information content (AvgIpc) is 2.87. The van der Waals surface area contributed by atoms with E-state index in [2.05, 4.69) is 5.10 Å². The van der Waals surface area contributed by atoms with Crippen molar-refractivity contribution in [3.05, 3.63) is 91.8 Å². The van der Waals surface area contributed by atoms with Crippen LogP contribution in [0.25, 0.3) is 5.69 Å². The Morgan fingerprint density at radius 2 is 1.69 bits per heavy atom. The number of hydrogen-bond acceptors (Lipinski definition) is 6. The lowest BCUT2D eigenvalue weighted by Crippen LogP contribution is -2.48. The molecule has 9 heteroatoms. The number of benzene rings is 2. The lowest BCUT2D eigenvalue weighted by Gasteiger charge is -2.30. The maximum atomic E-state index is 13.5. The summed E-state index contributed by atoms with van der Waals surface area (Å²) in [5.74, 6) is -1.10. The molecule has 0 bridgehead atoms. The third kappa shape index (κ3) is 5.30. The number of aryl methyl sites for hydroxylation is 2. The molecule has 1 saturated heterocycles. The number of rotatable bonds is 6. The number of ether oxygens (including phenoxy) is 1. The van der Waals surface area contributed by atoms with E-state index in [1.54, 1.807) is 25.1 Å². The molecule has 1 fully saturated rings. The fourth-order valence-corrected chi connectivity index (χ4v) is 4.32. The second kappa shape index (κ2) is 10.7. The summed E-state index contributed by atoms with van der Waals surface area (Å²) in [5.41, 5.74) is 1.51. The number of aromatic nitrogens is 3. The number of likely N-dealkylation sites (tertiary alicyclic amines) is 1. The summed E-state index contributed by atoms with van der Waals surface area (Å²) in [6, 6.07) is 14.7. The van der Waals surface area contributed by atoms with Crippen molar-refractivity contribution in [2.75, 3.05) is 19.7 Å². The van der Waals surface area contributed by atoms with Crippen LogP contribution in [0.1, 0.15) is 46.9 Å². The molecule has 1 amide bonds. The maximum Gasteiger partial charge on any atom is 0.352 e. The predicted octanol–water partition coefficient (Wildman–Crippen LogP) is 2.47. The minimum atomic E-state index is -0.734. The molecule has 0 N–H and O–H groups in total. The summed E-state index contributed by atoms with van der Waals surface area (Å²) in [6.07, 6.45) is 0.888. The molecule has 1 aromatic heterocycles. The largest absolute Gasteiger partial charge is 0.466 e. The van der Waals surface area contributed by atoms with Crippen LogP contribution in [0.2, 0.25) is 0 Å². The van der Waals surface area contributed by atoms with E-state index in [-0.39, 0.29) is 24.1 Å². The highest BCUT2D eigenvalue weighted by molar-refractivity contribution is 5.92. The van der Waals surface area contributed by atoms with Crippen LogP contribution in [0, 0.1) is 19.8 Å². The minimum absolute atomic E-state index is 0.0114. The highest BCUT2D eigenvalue weighted by Crippen LogP contribution is 2.19. The Bertz CT molecular complexity index is 1380. The van der Waals surface area contributed by atoms with Gasteiger partial charge in [0.2, 0.25) is 5.69 Å². The summed E-state index contributed by atoms with van der Waals surface area (Å²) in [4.78, 5) is 53.9. The molecule has 0 unspecified atom stereocenters. The smallest absolute Gasteiger partial charge is 0.352 e. The number of esters is 1. The van der Waals surface area contributed by atoms with Gasteiger partial charge in [-0.3, -0.25) is 19.0 Å². The molecule has 1 aliphatic heterocycles. The topological polar surface area (TPSA) is 104 Å². The van der Waals surface area contributed by atoms with Gasteiger partial charge >= 0.3 is 11.7 Å². The first-order valence-electron chi connectivity index (χ1n) is 12.1. The molecular formula is C27H30N4O5. The number of carbonyl (C=O) groups excluding carboxylic acids is 2. The quantitative estimate of drug-likeness (QED) is 0.492. The molecule has 4 rings (SSSR count). The van der Waals surface area contributed by atoms with Crippen molar-refractivity contribution in [2.45, 2.75) is 40.2 Å². The molecular weight excluding hydrogens is 460 g/mol. The highest BCUT2D eigenvalue weighted by atomic mass is 16.5. The second-order valence-electron chi connectivity index (χ2n) is 9.08. The first-order valence-corrected chi connectivity index (χ1v) is 12.1. The van der Waals surface area contributed by atoms with E-state index in [0.717, 1.165) is 25.9 Å². The van der Waals surface area contributed by atoms with Gasteiger partial charge in [-0.15, -0.1) is 0 Å². The van der Waals surface area contributed by atoms with Gasteiger partial charge < -0.3 is 9.64 Å². The maximum absolute atomic E-state index is 13.5. The molecule has 0 atom stereocenters. The van der Waals surface area contributed by atoms with E-state index in [1.807, 2.05) is 44.2 Å². The number of carbonyl (C=O) groups is 2. The first-order chi connectivity index (χ1) is 17.3. The summed E-state index contributed by atoms with van der Waals surface area (Å²) in [5, 5.41) is 4.25. The molecule has 0 aliphatic carbocycles. The standard InChI is InChI=1S/C27H30N4O5/c1-4-36-26(34)21-12-14-29(15-13-21)24(32)23-25(33)30(17-20-10-8-18(2)9-11-20)27(35)31(28-23)22-7-5-6-19(3)16-22/h5-11,16,21H,4,12-15,17H2,1-3H3. The molecule has 1 aliphatic rings. The Hall–Kier alpha value is -4.01. The molecule has 0 radical (unpaired) electrons. The van der Waals surface area contributed by atoms with Crippen LogP contribution in [-0.2, 0) is 16.1 Å². The van der Waals surface area contributed by atoms with Gasteiger partial charge in [0.1, 0.15) is 0 Å². The van der Waals surface area contributed by atoms with Crippen LogP contribution < -0.4 is 11.2 Å². The highest BCUT2D eigenvalue weighted by Gasteiger charge is 2.31. The van der Waals surface area contributed by atoms with Crippen molar-refractivity contribution in [1.29, 1.82) is 0 Å². The monoisotopic (exact) mass is 490 g/mol. The summed E-state index contributed by atoms with van der Waals surface area (Å²) < 4.78 is 7.27. The van der Waals surface area contributed by atoms with Crippen LogP contribution in [0.5, 0.6) is 0 Å². The normalized spacial score (nSPS) is 14.0. The third-order valence-electron chi connectivity index (χ3n) is 6.37. The van der Waals surface area contributed by atoms with Crippen molar-refractivity contribution in [3.63, 3.8) is 0 Å². The van der Waals surface area contributed by atoms with E-state index < -0.39 is 17.2 Å². The van der Waals surface area contributed by atoms with Crippen molar-refractivity contribution < 1.29 is 14.3 Å². The Morgan fingerprint density at radius 3 is 2.33 bits per heavy atom. The van der Waals surface area contributed by atoms with Gasteiger partial charge in [0.05, 0.1) is 24.8 Å². The molecule has 0 spiro atoms. The molecule has 0 saturated carbocycles. The Balaban J connectivity index is 1.73. The Labute approximate surface area is 208 Å². The predicted molar refractivity (Wildman–Crippen MR) is 134 cm³/mol. The van der Waals surface area contributed by atoms with Crippen LogP contribution in [0.4, 0.5) is 0 Å². The molecule has 3 aromatic rings. The Morgan fingerprint density at radius 1 is 1.00 bits per heavy atom. The first kappa shape index (κ1) is 25.1. The molecule has 2 aromatic carbocycles. The van der Waals surface area contributed by atoms with E-state index >= 15 is 0 Å². The zero-order valence-corrected chi connectivity index (χ0v) is 20.8. The van der Waals surface area contributed by atoms with Gasteiger partial charge in [-0.25, -0.2) is 4.79 Å². The van der Waals surface area contributed by atoms with Gasteiger partial charge in [-0.05, 0) is 56.9 Å². The lowest BCUT2D eigenvalue weighted by atomic mass is 9.97. The van der Waals surface area contributed by atoms with Crippen LogP contribution >= 0.6 is 0 Å². The van der Waals surface area contributed by atoms with Gasteiger partial charge in [0, 0.05) is 13.1 Å². The molecule has 2 heterocycles. The van der Waals surface area contributed by atoms with Crippen LogP contribution in [-0.4, -0.2) is 50.8 Å². The Kier molecular flexibility index (Phi) is 7.47. The van der Waals surface area contributed by atoms with Crippen molar-refractivity contribution in [2.24, 2.45) is 5.92 Å². The van der Waals surface area contributed by atoms with Gasteiger partial charge in [-0.1, -0.05) is 42.0 Å². The van der Waals surface area contributed by atoms with E-state index in [0.29, 0.717) is 38.2 Å². The number of piperidine rings is 1. The molecule has 36 heavy (non-hydrogen) atoms. The van der Waals surface area contributed by atoms with Gasteiger partial charge in [0.15, 0.2) is 0 Å². The number of hydrogen-bond donors (Lipinski definition) is 0. The van der Waals surface area contributed by atoms with E-state index in [1.165, 1.54) is 4.90 Å². The SMILES string of the molecule is CCOC(=O)C1CCN(C(=O)c2nn(-c3cccc(C)c3)c(=O)n(Cc3ccc(C)cc3)c2=O)CC1. The number of nitrogens with zero attached hydrogens (tertiary/aromatic N) is 4. The summed E-state index contributed by atoms with van der Waals surface area (Å²) >= 11 is 0. The van der Waals surface area contributed by atoms with Crippen molar-refractivity contribution >= 4 is 11.9 Å². The van der Waals surface area contributed by atoms with E-state index in [9.17, 15) is 19.2 Å². The molecule has 188 valence electrons. The number of amides is 1. The second-order valence-corrected chi connectivity index (χ2v) is 9.08. The zero-order chi connectivity index (χ0) is 25.8.